The summed E-state index contributed by atoms with van der Waals surface area (Å²) in [4.78, 5) is 6.26. The van der Waals surface area contributed by atoms with E-state index in [9.17, 15) is 0 Å². The van der Waals surface area contributed by atoms with Gasteiger partial charge in [-0.05, 0) is 60.2 Å². The van der Waals surface area contributed by atoms with Crippen LogP contribution in [0.25, 0.3) is 21.3 Å². The van der Waals surface area contributed by atoms with Crippen LogP contribution >= 0.6 is 11.3 Å². The Balaban J connectivity index is 1.92. The van der Waals surface area contributed by atoms with Crippen LogP contribution in [-0.2, 0) is 12.8 Å². The van der Waals surface area contributed by atoms with Crippen LogP contribution in [0.2, 0.25) is 0 Å². The van der Waals surface area contributed by atoms with E-state index in [4.69, 9.17) is 0 Å². The maximum Gasteiger partial charge on any atom is 0.0719 e. The number of nitrogens with zero attached hydrogens (tertiary/aromatic N) is 1. The molecule has 4 rings (SSSR count). The van der Waals surface area contributed by atoms with Gasteiger partial charge >= 0.3 is 0 Å². The molecular weight excluding hydrogens is 286 g/mol. The number of aryl methyl sites for hydroxylation is 2. The summed E-state index contributed by atoms with van der Waals surface area (Å²) >= 11 is 2.00. The van der Waals surface area contributed by atoms with Crippen molar-refractivity contribution in [3.8, 4) is 11.3 Å². The molecule has 1 aromatic carbocycles. The summed E-state index contributed by atoms with van der Waals surface area (Å²) in [6.45, 7) is 4.48. The summed E-state index contributed by atoms with van der Waals surface area (Å²) in [5.41, 5.74) is 5.39. The number of hydrogen-bond acceptors (Lipinski definition) is 2. The lowest BCUT2D eigenvalue weighted by Crippen LogP contribution is -1.97. The van der Waals surface area contributed by atoms with Crippen molar-refractivity contribution in [2.24, 2.45) is 0 Å². The van der Waals surface area contributed by atoms with E-state index in [2.05, 4.69) is 49.2 Å². The summed E-state index contributed by atoms with van der Waals surface area (Å²) in [5.74, 6) is 0.539. The van der Waals surface area contributed by atoms with Crippen molar-refractivity contribution in [1.29, 1.82) is 0 Å². The van der Waals surface area contributed by atoms with Gasteiger partial charge in [0.25, 0.3) is 0 Å². The van der Waals surface area contributed by atoms with Crippen LogP contribution in [0.3, 0.4) is 0 Å². The van der Waals surface area contributed by atoms with E-state index in [-0.39, 0.29) is 0 Å². The van der Waals surface area contributed by atoms with Crippen LogP contribution in [-0.4, -0.2) is 4.98 Å². The van der Waals surface area contributed by atoms with Gasteiger partial charge < -0.3 is 0 Å². The van der Waals surface area contributed by atoms with Crippen molar-refractivity contribution in [2.75, 3.05) is 0 Å². The molecule has 112 valence electrons. The van der Waals surface area contributed by atoms with Gasteiger partial charge in [0.1, 0.15) is 0 Å². The van der Waals surface area contributed by atoms with Gasteiger partial charge in [0.2, 0.25) is 0 Å². The van der Waals surface area contributed by atoms with E-state index >= 15 is 0 Å². The smallest absolute Gasteiger partial charge is 0.0719 e. The van der Waals surface area contributed by atoms with E-state index in [0.717, 1.165) is 5.69 Å². The molecule has 0 aliphatic heterocycles. The molecule has 2 heterocycles. The average Bonchev–Trinajstić information content (AvgIpc) is 2.93. The largest absolute Gasteiger partial charge is 0.256 e. The molecular formula is C20H21NS. The quantitative estimate of drug-likeness (QED) is 0.568. The molecule has 0 atom stereocenters. The molecule has 0 saturated carbocycles. The third-order valence-electron chi connectivity index (χ3n) is 4.71. The van der Waals surface area contributed by atoms with Gasteiger partial charge in [-0.3, -0.25) is 4.98 Å². The Morgan fingerprint density at radius 3 is 2.82 bits per heavy atom. The van der Waals surface area contributed by atoms with E-state index in [1.807, 2.05) is 17.5 Å². The zero-order valence-corrected chi connectivity index (χ0v) is 14.0. The van der Waals surface area contributed by atoms with Crippen LogP contribution in [0.5, 0.6) is 0 Å². The number of fused-ring (bicyclic) bond motifs is 3. The van der Waals surface area contributed by atoms with Crippen LogP contribution in [0.4, 0.5) is 0 Å². The Morgan fingerprint density at radius 2 is 1.95 bits per heavy atom. The molecule has 0 fully saturated rings. The fourth-order valence-electron chi connectivity index (χ4n) is 3.44. The third-order valence-corrected chi connectivity index (χ3v) is 6.05. The van der Waals surface area contributed by atoms with Crippen molar-refractivity contribution < 1.29 is 0 Å². The first kappa shape index (κ1) is 14.0. The van der Waals surface area contributed by atoms with E-state index in [0.29, 0.717) is 5.92 Å². The van der Waals surface area contributed by atoms with Gasteiger partial charge in [0.15, 0.2) is 0 Å². The maximum atomic E-state index is 4.66. The number of benzene rings is 1. The van der Waals surface area contributed by atoms with Crippen LogP contribution in [0, 0.1) is 0 Å². The van der Waals surface area contributed by atoms with Crippen LogP contribution < -0.4 is 0 Å². The SMILES string of the molecule is CC(C)c1ccnc(-c2cccc3c4c(sc23)CCCC4)c1. The van der Waals surface area contributed by atoms with Gasteiger partial charge in [-0.2, -0.15) is 0 Å². The molecule has 0 saturated heterocycles. The fourth-order valence-corrected chi connectivity index (χ4v) is 4.85. The molecule has 1 aliphatic rings. The van der Waals surface area contributed by atoms with Crippen LogP contribution in [0.15, 0.2) is 36.5 Å². The highest BCUT2D eigenvalue weighted by Gasteiger charge is 2.18. The number of thiophene rings is 1. The Hall–Kier alpha value is -1.67. The molecule has 0 amide bonds. The maximum absolute atomic E-state index is 4.66. The number of rotatable bonds is 2. The third kappa shape index (κ3) is 2.26. The second-order valence-electron chi connectivity index (χ2n) is 6.52. The van der Waals surface area contributed by atoms with Gasteiger partial charge in [0, 0.05) is 21.3 Å². The second-order valence-corrected chi connectivity index (χ2v) is 7.63. The summed E-state index contributed by atoms with van der Waals surface area (Å²) in [6.07, 6.45) is 7.14. The molecule has 0 bridgehead atoms. The minimum absolute atomic E-state index is 0.539. The fraction of sp³-hybridized carbons (Fsp3) is 0.350. The van der Waals surface area contributed by atoms with Crippen molar-refractivity contribution >= 4 is 21.4 Å². The van der Waals surface area contributed by atoms with E-state index in [1.165, 1.54) is 46.9 Å². The topological polar surface area (TPSA) is 12.9 Å². The number of pyridine rings is 1. The highest BCUT2D eigenvalue weighted by molar-refractivity contribution is 7.19. The molecule has 22 heavy (non-hydrogen) atoms. The lowest BCUT2D eigenvalue weighted by molar-refractivity contribution is 0.700. The average molecular weight is 307 g/mol. The molecule has 0 spiro atoms. The Labute approximate surface area is 136 Å². The standard InChI is InChI=1S/C20H21NS/c1-13(2)14-10-11-21-18(12-14)17-8-5-7-16-15-6-3-4-9-19(15)22-20(16)17/h5,7-8,10-13H,3-4,6,9H2,1-2H3. The highest BCUT2D eigenvalue weighted by atomic mass is 32.1. The monoisotopic (exact) mass is 307 g/mol. The lowest BCUT2D eigenvalue weighted by Gasteiger charge is -2.10. The summed E-state index contributed by atoms with van der Waals surface area (Å²) < 4.78 is 1.43. The Morgan fingerprint density at radius 1 is 1.09 bits per heavy atom. The minimum Gasteiger partial charge on any atom is -0.256 e. The first-order valence-electron chi connectivity index (χ1n) is 8.23. The number of aromatic nitrogens is 1. The van der Waals surface area contributed by atoms with Gasteiger partial charge in [-0.25, -0.2) is 0 Å². The Kier molecular flexibility index (Phi) is 3.50. The van der Waals surface area contributed by atoms with E-state index < -0.39 is 0 Å². The van der Waals surface area contributed by atoms with Crippen molar-refractivity contribution in [1.82, 2.24) is 4.98 Å². The highest BCUT2D eigenvalue weighted by Crippen LogP contribution is 2.41. The van der Waals surface area contributed by atoms with Gasteiger partial charge in [-0.1, -0.05) is 32.0 Å². The second kappa shape index (κ2) is 5.51. The molecule has 1 aliphatic carbocycles. The predicted octanol–water partition coefficient (Wildman–Crippen LogP) is 5.97. The van der Waals surface area contributed by atoms with Crippen LogP contribution in [0.1, 0.15) is 48.6 Å². The normalized spacial score (nSPS) is 14.5. The summed E-state index contributed by atoms with van der Waals surface area (Å²) in [5, 5.41) is 1.47. The first-order chi connectivity index (χ1) is 10.7. The molecule has 2 aromatic heterocycles. The Bertz CT molecular complexity index is 829. The van der Waals surface area contributed by atoms with Gasteiger partial charge in [0.05, 0.1) is 5.69 Å². The zero-order valence-electron chi connectivity index (χ0n) is 13.2. The molecule has 0 unspecified atom stereocenters. The zero-order chi connectivity index (χ0) is 15.1. The molecule has 0 radical (unpaired) electrons. The molecule has 2 heteroatoms. The minimum atomic E-state index is 0.539. The van der Waals surface area contributed by atoms with Crippen molar-refractivity contribution in [3.63, 3.8) is 0 Å². The molecule has 3 aromatic rings. The summed E-state index contributed by atoms with van der Waals surface area (Å²) in [7, 11) is 0. The van der Waals surface area contributed by atoms with E-state index in [1.54, 1.807) is 10.4 Å². The predicted molar refractivity (Wildman–Crippen MR) is 95.8 cm³/mol. The molecule has 1 nitrogen and oxygen atoms in total. The summed E-state index contributed by atoms with van der Waals surface area (Å²) in [6, 6.07) is 11.1. The van der Waals surface area contributed by atoms with Crippen molar-refractivity contribution in [2.45, 2.75) is 45.4 Å². The van der Waals surface area contributed by atoms with Crippen molar-refractivity contribution in [3.05, 3.63) is 52.5 Å². The number of hydrogen-bond donors (Lipinski definition) is 0. The molecule has 0 N–H and O–H groups in total. The van der Waals surface area contributed by atoms with Gasteiger partial charge in [-0.15, -0.1) is 11.3 Å². The lowest BCUT2D eigenvalue weighted by atomic mass is 9.95. The first-order valence-corrected chi connectivity index (χ1v) is 9.05.